The van der Waals surface area contributed by atoms with Crippen molar-refractivity contribution in [2.75, 3.05) is 33.3 Å². The summed E-state index contributed by atoms with van der Waals surface area (Å²) in [7, 11) is 1.94. The van der Waals surface area contributed by atoms with Gasteiger partial charge >= 0.3 is 0 Å². The standard InChI is InChI=1S/C16H24N2O2/c1-13-3-7-15(8-4-13)20-10-9-18(2)12-16(19)17-11-14-5-6-14/h3-4,7-8,14H,5-6,9-12H2,1-2H3,(H,17,19). The minimum atomic E-state index is 0.106. The molecule has 0 aromatic heterocycles. The zero-order chi connectivity index (χ0) is 14.4. The summed E-state index contributed by atoms with van der Waals surface area (Å²) in [6, 6.07) is 8.00. The fourth-order valence-corrected chi connectivity index (χ4v) is 1.91. The van der Waals surface area contributed by atoms with Crippen LogP contribution in [-0.4, -0.2) is 44.1 Å². The van der Waals surface area contributed by atoms with E-state index >= 15 is 0 Å². The number of rotatable bonds is 8. The van der Waals surface area contributed by atoms with Crippen LogP contribution < -0.4 is 10.1 Å². The lowest BCUT2D eigenvalue weighted by atomic mass is 10.2. The summed E-state index contributed by atoms with van der Waals surface area (Å²) in [5, 5.41) is 2.97. The number of aryl methyl sites for hydroxylation is 1. The van der Waals surface area contributed by atoms with E-state index in [4.69, 9.17) is 4.74 Å². The number of likely N-dealkylation sites (N-methyl/N-ethyl adjacent to an activating group) is 1. The second-order valence-electron chi connectivity index (χ2n) is 5.65. The Balaban J connectivity index is 1.57. The van der Waals surface area contributed by atoms with Gasteiger partial charge in [0.15, 0.2) is 0 Å². The van der Waals surface area contributed by atoms with E-state index in [0.717, 1.165) is 24.8 Å². The molecule has 1 saturated carbocycles. The number of nitrogens with one attached hydrogen (secondary N) is 1. The SMILES string of the molecule is Cc1ccc(OCCN(C)CC(=O)NCC2CC2)cc1. The molecule has 0 spiro atoms. The molecule has 2 rings (SSSR count). The Hall–Kier alpha value is -1.55. The fraction of sp³-hybridized carbons (Fsp3) is 0.562. The molecule has 0 atom stereocenters. The molecule has 0 bridgehead atoms. The Bertz CT molecular complexity index is 427. The third-order valence-electron chi connectivity index (χ3n) is 3.46. The number of carbonyl (C=O) groups is 1. The molecule has 1 aliphatic carbocycles. The Morgan fingerprint density at radius 3 is 2.70 bits per heavy atom. The first-order chi connectivity index (χ1) is 9.63. The van der Waals surface area contributed by atoms with Crippen LogP contribution in [0.3, 0.4) is 0 Å². The van der Waals surface area contributed by atoms with E-state index in [1.54, 1.807) is 0 Å². The smallest absolute Gasteiger partial charge is 0.234 e. The number of amides is 1. The predicted octanol–water partition coefficient (Wildman–Crippen LogP) is 1.83. The Kier molecular flexibility index (Phi) is 5.41. The number of benzene rings is 1. The van der Waals surface area contributed by atoms with Crippen molar-refractivity contribution in [1.82, 2.24) is 10.2 Å². The first-order valence-electron chi connectivity index (χ1n) is 7.28. The normalized spacial score (nSPS) is 14.3. The Morgan fingerprint density at radius 1 is 1.35 bits per heavy atom. The van der Waals surface area contributed by atoms with Gasteiger partial charge in [0.2, 0.25) is 5.91 Å². The first kappa shape index (κ1) is 14.9. The van der Waals surface area contributed by atoms with Crippen LogP contribution in [0.15, 0.2) is 24.3 Å². The topological polar surface area (TPSA) is 41.6 Å². The van der Waals surface area contributed by atoms with E-state index in [0.29, 0.717) is 13.2 Å². The number of ether oxygens (including phenoxy) is 1. The number of hydrogen-bond acceptors (Lipinski definition) is 3. The van der Waals surface area contributed by atoms with Crippen molar-refractivity contribution < 1.29 is 9.53 Å². The molecule has 1 amide bonds. The molecule has 0 saturated heterocycles. The maximum absolute atomic E-state index is 11.7. The van der Waals surface area contributed by atoms with Gasteiger partial charge in [-0.25, -0.2) is 0 Å². The van der Waals surface area contributed by atoms with Crippen molar-refractivity contribution in [1.29, 1.82) is 0 Å². The van der Waals surface area contributed by atoms with E-state index in [1.165, 1.54) is 18.4 Å². The molecule has 4 heteroatoms. The molecule has 20 heavy (non-hydrogen) atoms. The lowest BCUT2D eigenvalue weighted by Crippen LogP contribution is -2.37. The number of carbonyl (C=O) groups excluding carboxylic acids is 1. The van der Waals surface area contributed by atoms with Crippen molar-refractivity contribution in [3.8, 4) is 5.75 Å². The molecule has 1 fully saturated rings. The van der Waals surface area contributed by atoms with Crippen LogP contribution in [0, 0.1) is 12.8 Å². The van der Waals surface area contributed by atoms with Gasteiger partial charge in [-0.2, -0.15) is 0 Å². The molecule has 0 aliphatic heterocycles. The van der Waals surface area contributed by atoms with Gasteiger partial charge < -0.3 is 10.1 Å². The van der Waals surface area contributed by atoms with Crippen molar-refractivity contribution >= 4 is 5.91 Å². The van der Waals surface area contributed by atoms with Gasteiger partial charge in [-0.05, 0) is 44.9 Å². The molecule has 0 unspecified atom stereocenters. The molecular weight excluding hydrogens is 252 g/mol. The van der Waals surface area contributed by atoms with Crippen LogP contribution >= 0.6 is 0 Å². The van der Waals surface area contributed by atoms with Crippen molar-refractivity contribution in [2.45, 2.75) is 19.8 Å². The van der Waals surface area contributed by atoms with Crippen LogP contribution in [0.5, 0.6) is 5.75 Å². The van der Waals surface area contributed by atoms with Gasteiger partial charge in [-0.3, -0.25) is 9.69 Å². The highest BCUT2D eigenvalue weighted by Crippen LogP contribution is 2.27. The van der Waals surface area contributed by atoms with E-state index in [1.807, 2.05) is 36.2 Å². The highest BCUT2D eigenvalue weighted by molar-refractivity contribution is 5.77. The second-order valence-corrected chi connectivity index (χ2v) is 5.65. The van der Waals surface area contributed by atoms with E-state index in [2.05, 4.69) is 12.2 Å². The first-order valence-corrected chi connectivity index (χ1v) is 7.28. The molecular formula is C16H24N2O2. The zero-order valence-corrected chi connectivity index (χ0v) is 12.4. The van der Waals surface area contributed by atoms with E-state index in [-0.39, 0.29) is 5.91 Å². The highest BCUT2D eigenvalue weighted by atomic mass is 16.5. The monoisotopic (exact) mass is 276 g/mol. The molecule has 1 aromatic rings. The Labute approximate surface area is 121 Å². The molecule has 0 heterocycles. The number of nitrogens with zero attached hydrogens (tertiary/aromatic N) is 1. The van der Waals surface area contributed by atoms with Crippen LogP contribution in [-0.2, 0) is 4.79 Å². The summed E-state index contributed by atoms with van der Waals surface area (Å²) >= 11 is 0. The summed E-state index contributed by atoms with van der Waals surface area (Å²) in [6.45, 7) is 4.66. The van der Waals surface area contributed by atoms with Gasteiger partial charge in [0, 0.05) is 13.1 Å². The molecule has 1 aromatic carbocycles. The minimum Gasteiger partial charge on any atom is -0.492 e. The summed E-state index contributed by atoms with van der Waals surface area (Å²) in [6.07, 6.45) is 2.53. The minimum absolute atomic E-state index is 0.106. The van der Waals surface area contributed by atoms with Gasteiger partial charge in [-0.1, -0.05) is 17.7 Å². The van der Waals surface area contributed by atoms with Gasteiger partial charge in [0.05, 0.1) is 6.54 Å². The molecule has 110 valence electrons. The third kappa shape index (κ3) is 5.61. The van der Waals surface area contributed by atoms with Crippen LogP contribution in [0.25, 0.3) is 0 Å². The van der Waals surface area contributed by atoms with Crippen LogP contribution in [0.4, 0.5) is 0 Å². The maximum atomic E-state index is 11.7. The average molecular weight is 276 g/mol. The Morgan fingerprint density at radius 2 is 2.05 bits per heavy atom. The lowest BCUT2D eigenvalue weighted by Gasteiger charge is -2.16. The summed E-state index contributed by atoms with van der Waals surface area (Å²) in [4.78, 5) is 13.6. The third-order valence-corrected chi connectivity index (χ3v) is 3.46. The van der Waals surface area contributed by atoms with Crippen molar-refractivity contribution in [3.63, 3.8) is 0 Å². The van der Waals surface area contributed by atoms with E-state index < -0.39 is 0 Å². The van der Waals surface area contributed by atoms with Crippen molar-refractivity contribution in [2.24, 2.45) is 5.92 Å². The van der Waals surface area contributed by atoms with Gasteiger partial charge in [0.1, 0.15) is 12.4 Å². The zero-order valence-electron chi connectivity index (χ0n) is 12.4. The van der Waals surface area contributed by atoms with Crippen LogP contribution in [0.2, 0.25) is 0 Å². The molecule has 4 nitrogen and oxygen atoms in total. The van der Waals surface area contributed by atoms with E-state index in [9.17, 15) is 4.79 Å². The molecule has 0 radical (unpaired) electrons. The largest absolute Gasteiger partial charge is 0.492 e. The predicted molar refractivity (Wildman–Crippen MR) is 79.9 cm³/mol. The van der Waals surface area contributed by atoms with Crippen molar-refractivity contribution in [3.05, 3.63) is 29.8 Å². The van der Waals surface area contributed by atoms with Gasteiger partial charge in [-0.15, -0.1) is 0 Å². The molecule has 1 N–H and O–H groups in total. The molecule has 1 aliphatic rings. The second kappa shape index (κ2) is 7.29. The van der Waals surface area contributed by atoms with Gasteiger partial charge in [0.25, 0.3) is 0 Å². The average Bonchev–Trinajstić information content (AvgIpc) is 3.23. The maximum Gasteiger partial charge on any atom is 0.234 e. The fourth-order valence-electron chi connectivity index (χ4n) is 1.91. The summed E-state index contributed by atoms with van der Waals surface area (Å²) in [5.41, 5.74) is 1.22. The quantitative estimate of drug-likeness (QED) is 0.787. The lowest BCUT2D eigenvalue weighted by molar-refractivity contribution is -0.122. The van der Waals surface area contributed by atoms with Crippen LogP contribution in [0.1, 0.15) is 18.4 Å². The summed E-state index contributed by atoms with van der Waals surface area (Å²) in [5.74, 6) is 1.71. The number of hydrogen-bond donors (Lipinski definition) is 1. The highest BCUT2D eigenvalue weighted by Gasteiger charge is 2.21. The summed E-state index contributed by atoms with van der Waals surface area (Å²) < 4.78 is 5.65.